The Labute approximate surface area is 117 Å². The lowest BCUT2D eigenvalue weighted by Crippen LogP contribution is -2.35. The minimum Gasteiger partial charge on any atom is -0.380 e. The SMILES string of the molecule is CCCN(CCC)C(CN)c1ccccc1COC. The van der Waals surface area contributed by atoms with Crippen molar-refractivity contribution in [1.82, 2.24) is 4.90 Å². The molecule has 0 aliphatic rings. The van der Waals surface area contributed by atoms with Gasteiger partial charge in [-0.1, -0.05) is 38.1 Å². The molecule has 0 bridgehead atoms. The molecule has 19 heavy (non-hydrogen) atoms. The highest BCUT2D eigenvalue weighted by Crippen LogP contribution is 2.24. The average Bonchev–Trinajstić information content (AvgIpc) is 2.42. The second-order valence-electron chi connectivity index (χ2n) is 4.92. The molecule has 0 aliphatic carbocycles. The Balaban J connectivity index is 2.99. The molecule has 0 aromatic heterocycles. The van der Waals surface area contributed by atoms with Crippen LogP contribution in [-0.4, -0.2) is 31.6 Å². The summed E-state index contributed by atoms with van der Waals surface area (Å²) >= 11 is 0. The van der Waals surface area contributed by atoms with Gasteiger partial charge in [-0.15, -0.1) is 0 Å². The smallest absolute Gasteiger partial charge is 0.0716 e. The van der Waals surface area contributed by atoms with Crippen molar-refractivity contribution in [2.75, 3.05) is 26.7 Å². The van der Waals surface area contributed by atoms with Crippen molar-refractivity contribution in [3.05, 3.63) is 35.4 Å². The van der Waals surface area contributed by atoms with E-state index in [1.54, 1.807) is 7.11 Å². The first-order chi connectivity index (χ1) is 9.28. The average molecular weight is 264 g/mol. The third-order valence-corrected chi connectivity index (χ3v) is 3.40. The summed E-state index contributed by atoms with van der Waals surface area (Å²) in [5, 5.41) is 0. The van der Waals surface area contributed by atoms with E-state index in [-0.39, 0.29) is 0 Å². The molecule has 2 N–H and O–H groups in total. The number of nitrogens with two attached hydrogens (primary N) is 1. The van der Waals surface area contributed by atoms with Crippen LogP contribution in [0.25, 0.3) is 0 Å². The first kappa shape index (κ1) is 16.2. The van der Waals surface area contributed by atoms with Crippen molar-refractivity contribution in [2.45, 2.75) is 39.3 Å². The summed E-state index contributed by atoms with van der Waals surface area (Å²) in [6, 6.07) is 8.77. The first-order valence-corrected chi connectivity index (χ1v) is 7.29. The normalized spacial score (nSPS) is 12.9. The molecule has 0 spiro atoms. The van der Waals surface area contributed by atoms with E-state index in [1.807, 2.05) is 0 Å². The Morgan fingerprint density at radius 2 is 1.79 bits per heavy atom. The first-order valence-electron chi connectivity index (χ1n) is 7.29. The van der Waals surface area contributed by atoms with Crippen molar-refractivity contribution in [3.8, 4) is 0 Å². The van der Waals surface area contributed by atoms with Gasteiger partial charge in [-0.25, -0.2) is 0 Å². The fourth-order valence-corrected chi connectivity index (χ4v) is 2.62. The van der Waals surface area contributed by atoms with Crippen LogP contribution in [0.4, 0.5) is 0 Å². The number of nitrogens with zero attached hydrogens (tertiary/aromatic N) is 1. The Kier molecular flexibility index (Phi) is 7.72. The Morgan fingerprint density at radius 1 is 1.16 bits per heavy atom. The lowest BCUT2D eigenvalue weighted by molar-refractivity contribution is 0.174. The predicted octanol–water partition coefficient (Wildman–Crippen LogP) is 2.95. The lowest BCUT2D eigenvalue weighted by Gasteiger charge is -2.32. The largest absolute Gasteiger partial charge is 0.380 e. The molecule has 3 heteroatoms. The van der Waals surface area contributed by atoms with Gasteiger partial charge in [0.25, 0.3) is 0 Å². The van der Waals surface area contributed by atoms with Crippen LogP contribution in [0.1, 0.15) is 43.9 Å². The summed E-state index contributed by atoms with van der Waals surface area (Å²) in [5.74, 6) is 0. The van der Waals surface area contributed by atoms with Gasteiger partial charge in [-0.05, 0) is 37.1 Å². The summed E-state index contributed by atoms with van der Waals surface area (Å²) in [4.78, 5) is 2.49. The highest BCUT2D eigenvalue weighted by atomic mass is 16.5. The summed E-state index contributed by atoms with van der Waals surface area (Å²) in [7, 11) is 1.74. The van der Waals surface area contributed by atoms with E-state index in [2.05, 4.69) is 43.0 Å². The number of benzene rings is 1. The summed E-state index contributed by atoms with van der Waals surface area (Å²) < 4.78 is 5.30. The lowest BCUT2D eigenvalue weighted by atomic mass is 9.99. The molecule has 1 rings (SSSR count). The molecule has 1 atom stereocenters. The fraction of sp³-hybridized carbons (Fsp3) is 0.625. The van der Waals surface area contributed by atoms with Gasteiger partial charge in [0.15, 0.2) is 0 Å². The molecular formula is C16H28N2O. The summed E-state index contributed by atoms with van der Waals surface area (Å²) in [5.41, 5.74) is 8.61. The van der Waals surface area contributed by atoms with E-state index in [9.17, 15) is 0 Å². The van der Waals surface area contributed by atoms with Crippen molar-refractivity contribution < 1.29 is 4.74 Å². The van der Waals surface area contributed by atoms with Gasteiger partial charge < -0.3 is 10.5 Å². The summed E-state index contributed by atoms with van der Waals surface area (Å²) in [6.45, 7) is 7.93. The number of hydrogen-bond donors (Lipinski definition) is 1. The highest BCUT2D eigenvalue weighted by molar-refractivity contribution is 5.30. The van der Waals surface area contributed by atoms with E-state index in [0.29, 0.717) is 19.2 Å². The molecule has 3 nitrogen and oxygen atoms in total. The molecular weight excluding hydrogens is 236 g/mol. The van der Waals surface area contributed by atoms with E-state index in [1.165, 1.54) is 11.1 Å². The third kappa shape index (κ3) is 4.60. The number of hydrogen-bond acceptors (Lipinski definition) is 3. The fourth-order valence-electron chi connectivity index (χ4n) is 2.62. The predicted molar refractivity (Wildman–Crippen MR) is 81.1 cm³/mol. The van der Waals surface area contributed by atoms with Gasteiger partial charge in [0.2, 0.25) is 0 Å². The molecule has 0 radical (unpaired) electrons. The van der Waals surface area contributed by atoms with E-state index in [0.717, 1.165) is 25.9 Å². The number of rotatable bonds is 9. The van der Waals surface area contributed by atoms with Crippen LogP contribution in [-0.2, 0) is 11.3 Å². The van der Waals surface area contributed by atoms with Crippen molar-refractivity contribution in [3.63, 3.8) is 0 Å². The molecule has 0 heterocycles. The van der Waals surface area contributed by atoms with Gasteiger partial charge in [0, 0.05) is 19.7 Å². The van der Waals surface area contributed by atoms with E-state index < -0.39 is 0 Å². The van der Waals surface area contributed by atoms with Crippen LogP contribution in [0.5, 0.6) is 0 Å². The molecule has 0 saturated heterocycles. The van der Waals surface area contributed by atoms with Gasteiger partial charge in [-0.2, -0.15) is 0 Å². The van der Waals surface area contributed by atoms with Crippen LogP contribution in [0.2, 0.25) is 0 Å². The van der Waals surface area contributed by atoms with Gasteiger partial charge in [0.1, 0.15) is 0 Å². The minimum atomic E-state index is 0.297. The van der Waals surface area contributed by atoms with Crippen LogP contribution in [0, 0.1) is 0 Å². The quantitative estimate of drug-likeness (QED) is 0.745. The summed E-state index contributed by atoms with van der Waals surface area (Å²) in [6.07, 6.45) is 2.31. The zero-order chi connectivity index (χ0) is 14.1. The van der Waals surface area contributed by atoms with Crippen LogP contribution in [0.15, 0.2) is 24.3 Å². The van der Waals surface area contributed by atoms with Crippen molar-refractivity contribution in [2.24, 2.45) is 5.73 Å². The Hall–Kier alpha value is -0.900. The molecule has 1 aromatic carbocycles. The standard InChI is InChI=1S/C16H28N2O/c1-4-10-18(11-5-2)16(12-17)15-9-7-6-8-14(15)13-19-3/h6-9,16H,4-5,10-13,17H2,1-3H3. The maximum atomic E-state index is 6.05. The second kappa shape index (κ2) is 9.08. The molecule has 0 aliphatic heterocycles. The van der Waals surface area contributed by atoms with Gasteiger partial charge in [-0.3, -0.25) is 4.90 Å². The molecule has 1 unspecified atom stereocenters. The third-order valence-electron chi connectivity index (χ3n) is 3.40. The molecule has 0 amide bonds. The molecule has 0 saturated carbocycles. The maximum absolute atomic E-state index is 6.05. The zero-order valence-electron chi connectivity index (χ0n) is 12.6. The topological polar surface area (TPSA) is 38.5 Å². The van der Waals surface area contributed by atoms with E-state index in [4.69, 9.17) is 10.5 Å². The molecule has 0 fully saturated rings. The zero-order valence-corrected chi connectivity index (χ0v) is 12.6. The molecule has 1 aromatic rings. The second-order valence-corrected chi connectivity index (χ2v) is 4.92. The van der Waals surface area contributed by atoms with Crippen LogP contribution < -0.4 is 5.73 Å². The number of ether oxygens (including phenoxy) is 1. The molecule has 108 valence electrons. The van der Waals surface area contributed by atoms with Crippen LogP contribution >= 0.6 is 0 Å². The van der Waals surface area contributed by atoms with Crippen molar-refractivity contribution >= 4 is 0 Å². The van der Waals surface area contributed by atoms with Gasteiger partial charge >= 0.3 is 0 Å². The van der Waals surface area contributed by atoms with Crippen LogP contribution in [0.3, 0.4) is 0 Å². The maximum Gasteiger partial charge on any atom is 0.0716 e. The van der Waals surface area contributed by atoms with E-state index >= 15 is 0 Å². The van der Waals surface area contributed by atoms with Crippen molar-refractivity contribution in [1.29, 1.82) is 0 Å². The van der Waals surface area contributed by atoms with Gasteiger partial charge in [0.05, 0.1) is 6.61 Å². The number of methoxy groups -OCH3 is 1. The Bertz CT molecular complexity index is 348. The monoisotopic (exact) mass is 264 g/mol. The minimum absolute atomic E-state index is 0.297. The Morgan fingerprint density at radius 3 is 2.32 bits per heavy atom. The highest BCUT2D eigenvalue weighted by Gasteiger charge is 2.20.